The van der Waals surface area contributed by atoms with E-state index in [-0.39, 0.29) is 23.3 Å². The van der Waals surface area contributed by atoms with E-state index in [4.69, 9.17) is 0 Å². The summed E-state index contributed by atoms with van der Waals surface area (Å²) < 4.78 is 56.9. The minimum Gasteiger partial charge on any atom is -0.342 e. The predicted molar refractivity (Wildman–Crippen MR) is 118 cm³/mol. The molecule has 32 heavy (non-hydrogen) atoms. The molecule has 0 saturated carbocycles. The molecule has 164 valence electrons. The summed E-state index contributed by atoms with van der Waals surface area (Å²) >= 11 is 3.36. The maximum absolute atomic E-state index is 14.7. The summed E-state index contributed by atoms with van der Waals surface area (Å²) in [7, 11) is -4.27. The van der Waals surface area contributed by atoms with Crippen molar-refractivity contribution in [1.82, 2.24) is 14.8 Å². The third-order valence-corrected chi connectivity index (χ3v) is 6.72. The van der Waals surface area contributed by atoms with Crippen LogP contribution in [-0.2, 0) is 21.2 Å². The van der Waals surface area contributed by atoms with Gasteiger partial charge in [-0.05, 0) is 35.9 Å². The first-order chi connectivity index (χ1) is 15.2. The van der Waals surface area contributed by atoms with Crippen LogP contribution in [0.5, 0.6) is 0 Å². The van der Waals surface area contributed by atoms with Gasteiger partial charge in [0.05, 0.1) is 15.8 Å². The van der Waals surface area contributed by atoms with Crippen LogP contribution in [0.15, 0.2) is 70.3 Å². The summed E-state index contributed by atoms with van der Waals surface area (Å²) in [6.45, 7) is 0.167. The molecule has 0 bridgehead atoms. The summed E-state index contributed by atoms with van der Waals surface area (Å²) in [6, 6.07) is 11.9. The van der Waals surface area contributed by atoms with Gasteiger partial charge in [-0.2, -0.15) is 5.10 Å². The maximum atomic E-state index is 14.7. The second-order valence-corrected chi connectivity index (χ2v) is 9.82. The van der Waals surface area contributed by atoms with Gasteiger partial charge in [0.25, 0.3) is 0 Å². The van der Waals surface area contributed by atoms with Crippen LogP contribution >= 0.6 is 15.9 Å². The topological polar surface area (TPSA) is 94.0 Å². The summed E-state index contributed by atoms with van der Waals surface area (Å²) in [5.41, 5.74) is 0.848. The van der Waals surface area contributed by atoms with Gasteiger partial charge in [0.15, 0.2) is 15.7 Å². The molecule has 4 aromatic rings. The number of rotatable bonds is 6. The number of halogens is 3. The van der Waals surface area contributed by atoms with Crippen molar-refractivity contribution in [2.75, 3.05) is 11.1 Å². The zero-order chi connectivity index (χ0) is 22.9. The van der Waals surface area contributed by atoms with Crippen molar-refractivity contribution >= 4 is 48.4 Å². The highest BCUT2D eigenvalue weighted by Gasteiger charge is 2.27. The fraction of sp³-hybridized carbons (Fsp3) is 0.0952. The third kappa shape index (κ3) is 4.68. The zero-order valence-electron chi connectivity index (χ0n) is 16.3. The van der Waals surface area contributed by atoms with Gasteiger partial charge in [-0.25, -0.2) is 17.2 Å². The molecule has 2 heterocycles. The molecule has 1 amide bonds. The van der Waals surface area contributed by atoms with Crippen LogP contribution in [0, 0.1) is 11.6 Å². The lowest BCUT2D eigenvalue weighted by Crippen LogP contribution is -2.23. The lowest BCUT2D eigenvalue weighted by molar-refractivity contribution is -0.113. The fourth-order valence-corrected chi connectivity index (χ4v) is 5.12. The van der Waals surface area contributed by atoms with E-state index in [0.717, 1.165) is 16.1 Å². The number of aromatic nitrogens is 3. The Morgan fingerprint density at radius 2 is 1.94 bits per heavy atom. The predicted octanol–water partition coefficient (Wildman–Crippen LogP) is 3.93. The molecule has 0 unspecified atom stereocenters. The zero-order valence-corrected chi connectivity index (χ0v) is 18.7. The number of anilines is 1. The molecular weight excluding hydrogens is 506 g/mol. The number of hydrogen-bond acceptors (Lipinski definition) is 5. The van der Waals surface area contributed by atoms with Gasteiger partial charge in [-0.15, -0.1) is 5.10 Å². The number of carbonyl (C=O) groups is 1. The highest BCUT2D eigenvalue weighted by molar-refractivity contribution is 9.10. The van der Waals surface area contributed by atoms with Crippen LogP contribution in [-0.4, -0.2) is 34.8 Å². The number of amides is 1. The Morgan fingerprint density at radius 1 is 1.12 bits per heavy atom. The minimum absolute atomic E-state index is 0.0652. The number of fused-ring (bicyclic) bond motifs is 1. The number of sulfone groups is 1. The molecule has 2 aromatic carbocycles. The van der Waals surface area contributed by atoms with E-state index in [0.29, 0.717) is 6.07 Å². The molecule has 4 rings (SSSR count). The Kier molecular flexibility index (Phi) is 6.02. The van der Waals surface area contributed by atoms with E-state index in [9.17, 15) is 22.0 Å². The van der Waals surface area contributed by atoms with Crippen LogP contribution in [0.25, 0.3) is 10.9 Å². The largest absolute Gasteiger partial charge is 0.342 e. The Hall–Kier alpha value is -3.18. The second-order valence-electron chi connectivity index (χ2n) is 6.95. The molecule has 0 atom stereocenters. The molecule has 2 aromatic heterocycles. The molecule has 0 radical (unpaired) electrons. The van der Waals surface area contributed by atoms with E-state index in [1.807, 2.05) is 12.1 Å². The van der Waals surface area contributed by atoms with Crippen molar-refractivity contribution in [3.05, 3.63) is 82.6 Å². The van der Waals surface area contributed by atoms with Crippen LogP contribution in [0.2, 0.25) is 0 Å². The van der Waals surface area contributed by atoms with Crippen molar-refractivity contribution in [1.29, 1.82) is 0 Å². The smallest absolute Gasteiger partial charge is 0.241 e. The van der Waals surface area contributed by atoms with Gasteiger partial charge in [0, 0.05) is 29.5 Å². The first-order valence-corrected chi connectivity index (χ1v) is 11.7. The molecule has 0 aliphatic rings. The van der Waals surface area contributed by atoms with Gasteiger partial charge in [0.1, 0.15) is 17.4 Å². The van der Waals surface area contributed by atoms with Crippen LogP contribution in [0.4, 0.5) is 14.6 Å². The standard InChI is InChI=1S/C21H15BrF2N4O3S/c22-14-4-1-3-13(7-14)10-28-11-18(21-16(24)8-15(23)9-17(21)28)32(30,31)12-20(29)26-19-5-2-6-25-27-19/h1-9,11H,10,12H2,(H,26,27,29). The van der Waals surface area contributed by atoms with Gasteiger partial charge < -0.3 is 9.88 Å². The van der Waals surface area contributed by atoms with Crippen LogP contribution in [0.1, 0.15) is 5.56 Å². The molecule has 0 aliphatic carbocycles. The van der Waals surface area contributed by atoms with E-state index < -0.39 is 38.0 Å². The first kappa shape index (κ1) is 22.0. The van der Waals surface area contributed by atoms with Crippen molar-refractivity contribution in [3.8, 4) is 0 Å². The fourth-order valence-electron chi connectivity index (χ4n) is 3.30. The number of carbonyl (C=O) groups excluding carboxylic acids is 1. The lowest BCUT2D eigenvalue weighted by atomic mass is 10.2. The molecule has 7 nitrogen and oxygen atoms in total. The van der Waals surface area contributed by atoms with Crippen molar-refractivity contribution in [3.63, 3.8) is 0 Å². The summed E-state index contributed by atoms with van der Waals surface area (Å²) in [4.78, 5) is 11.9. The van der Waals surface area contributed by atoms with Crippen LogP contribution < -0.4 is 5.32 Å². The maximum Gasteiger partial charge on any atom is 0.241 e. The Balaban J connectivity index is 1.73. The summed E-state index contributed by atoms with van der Waals surface area (Å²) in [5, 5.41) is 9.33. The normalized spacial score (nSPS) is 11.6. The molecule has 0 aliphatic heterocycles. The molecule has 0 saturated heterocycles. The van der Waals surface area contributed by atoms with Crippen molar-refractivity contribution < 1.29 is 22.0 Å². The molecule has 0 spiro atoms. The van der Waals surface area contributed by atoms with Crippen LogP contribution in [0.3, 0.4) is 0 Å². The monoisotopic (exact) mass is 520 g/mol. The summed E-state index contributed by atoms with van der Waals surface area (Å²) in [6.07, 6.45) is 2.62. The average Bonchev–Trinajstić information content (AvgIpc) is 3.08. The first-order valence-electron chi connectivity index (χ1n) is 9.25. The second kappa shape index (κ2) is 8.75. The molecule has 11 heteroatoms. The highest BCUT2D eigenvalue weighted by atomic mass is 79.9. The van der Waals surface area contributed by atoms with Crippen molar-refractivity contribution in [2.24, 2.45) is 0 Å². The van der Waals surface area contributed by atoms with Gasteiger partial charge in [-0.3, -0.25) is 4.79 Å². The number of benzene rings is 2. The molecule has 0 fully saturated rings. The number of hydrogen-bond donors (Lipinski definition) is 1. The van der Waals surface area contributed by atoms with E-state index in [1.54, 1.807) is 12.1 Å². The average molecular weight is 521 g/mol. The molecule has 1 N–H and O–H groups in total. The Morgan fingerprint density at radius 3 is 2.66 bits per heavy atom. The minimum atomic E-state index is -4.27. The molecular formula is C21H15BrF2N4O3S. The Labute approximate surface area is 190 Å². The van der Waals surface area contributed by atoms with E-state index in [1.165, 1.54) is 29.1 Å². The van der Waals surface area contributed by atoms with Gasteiger partial charge in [0.2, 0.25) is 5.91 Å². The van der Waals surface area contributed by atoms with Crippen molar-refractivity contribution in [2.45, 2.75) is 11.4 Å². The number of nitrogens with one attached hydrogen (secondary N) is 1. The SMILES string of the molecule is O=C(CS(=O)(=O)c1cn(Cc2cccc(Br)c2)c2cc(F)cc(F)c12)Nc1cccnn1. The van der Waals surface area contributed by atoms with Gasteiger partial charge in [-0.1, -0.05) is 28.1 Å². The highest BCUT2D eigenvalue weighted by Crippen LogP contribution is 2.31. The Bertz CT molecular complexity index is 1430. The quantitative estimate of drug-likeness (QED) is 0.415. The number of nitrogens with zero attached hydrogens (tertiary/aromatic N) is 3. The van der Waals surface area contributed by atoms with Gasteiger partial charge >= 0.3 is 0 Å². The van der Waals surface area contributed by atoms with E-state index in [2.05, 4.69) is 31.4 Å². The summed E-state index contributed by atoms with van der Waals surface area (Å²) in [5.74, 6) is -3.59. The van der Waals surface area contributed by atoms with E-state index >= 15 is 0 Å². The third-order valence-electron chi connectivity index (χ3n) is 4.60. The lowest BCUT2D eigenvalue weighted by Gasteiger charge is -2.06.